The lowest BCUT2D eigenvalue weighted by Gasteiger charge is -2.34. The summed E-state index contributed by atoms with van der Waals surface area (Å²) in [6, 6.07) is 7.69. The molecule has 2 aliphatic rings. The van der Waals surface area contributed by atoms with Crippen molar-refractivity contribution in [1.29, 1.82) is 0 Å². The van der Waals surface area contributed by atoms with Crippen LogP contribution in [0, 0.1) is 5.92 Å². The highest BCUT2D eigenvalue weighted by Gasteiger charge is 2.28. The number of benzene rings is 1. The predicted octanol–water partition coefficient (Wildman–Crippen LogP) is 6.41. The quantitative estimate of drug-likeness (QED) is 0.510. The van der Waals surface area contributed by atoms with Gasteiger partial charge in [-0.3, -0.25) is 4.79 Å². The van der Waals surface area contributed by atoms with E-state index in [2.05, 4.69) is 10.1 Å². The number of hydrogen-bond acceptors (Lipinski definition) is 4. The number of aromatic nitrogens is 2. The molecule has 0 atom stereocenters. The van der Waals surface area contributed by atoms with Gasteiger partial charge in [0.05, 0.1) is 0 Å². The number of nitrogens with zero attached hydrogens (tertiary/aromatic N) is 3. The Kier molecular flexibility index (Phi) is 7.42. The molecule has 6 heteroatoms. The molecule has 0 spiro atoms. The van der Waals surface area contributed by atoms with Crippen LogP contribution in [0.1, 0.15) is 82.9 Å². The fourth-order valence-corrected chi connectivity index (χ4v) is 5.07. The van der Waals surface area contributed by atoms with Crippen LogP contribution in [0.3, 0.4) is 0 Å². The summed E-state index contributed by atoms with van der Waals surface area (Å²) in [6.45, 7) is 0.411. The van der Waals surface area contributed by atoms with E-state index in [1.54, 1.807) is 0 Å². The van der Waals surface area contributed by atoms with Gasteiger partial charge in [-0.05, 0) is 49.4 Å². The van der Waals surface area contributed by atoms with Crippen LogP contribution in [0.4, 0.5) is 0 Å². The first-order valence-electron chi connectivity index (χ1n) is 11.6. The molecule has 0 N–H and O–H groups in total. The van der Waals surface area contributed by atoms with E-state index in [4.69, 9.17) is 16.1 Å². The smallest absolute Gasteiger partial charge is 0.246 e. The molecule has 0 saturated heterocycles. The summed E-state index contributed by atoms with van der Waals surface area (Å²) in [5.74, 6) is 2.02. The van der Waals surface area contributed by atoms with Crippen molar-refractivity contribution in [2.24, 2.45) is 5.92 Å². The summed E-state index contributed by atoms with van der Waals surface area (Å²) in [7, 11) is 0. The van der Waals surface area contributed by atoms with Gasteiger partial charge in [-0.2, -0.15) is 4.98 Å². The Balaban J connectivity index is 1.43. The van der Waals surface area contributed by atoms with Gasteiger partial charge in [0.1, 0.15) is 6.54 Å². The highest BCUT2D eigenvalue weighted by molar-refractivity contribution is 6.30. The lowest BCUT2D eigenvalue weighted by Crippen LogP contribution is -2.41. The summed E-state index contributed by atoms with van der Waals surface area (Å²) in [4.78, 5) is 19.8. The van der Waals surface area contributed by atoms with Crippen molar-refractivity contribution in [2.75, 3.05) is 0 Å². The first kappa shape index (κ1) is 21.4. The largest absolute Gasteiger partial charge is 0.337 e. The van der Waals surface area contributed by atoms with Crippen LogP contribution < -0.4 is 0 Å². The number of hydrogen-bond donors (Lipinski definition) is 0. The SMILES string of the molecule is O=C(CCC1CCCCC1)N(Cc1nc(-c2ccc(Cl)cc2)no1)C1CCCCC1. The van der Waals surface area contributed by atoms with Crippen molar-refractivity contribution in [3.63, 3.8) is 0 Å². The summed E-state index contributed by atoms with van der Waals surface area (Å²) >= 11 is 5.97. The summed E-state index contributed by atoms with van der Waals surface area (Å²) in [5, 5.41) is 4.80. The van der Waals surface area contributed by atoms with Gasteiger partial charge in [0.25, 0.3) is 0 Å². The summed E-state index contributed by atoms with van der Waals surface area (Å²) < 4.78 is 5.53. The minimum absolute atomic E-state index is 0.249. The predicted molar refractivity (Wildman–Crippen MR) is 118 cm³/mol. The summed E-state index contributed by atoms with van der Waals surface area (Å²) in [5.41, 5.74) is 0.863. The zero-order valence-electron chi connectivity index (χ0n) is 17.7. The first-order valence-corrected chi connectivity index (χ1v) is 11.9. The monoisotopic (exact) mass is 429 g/mol. The standard InChI is InChI=1S/C24H32ClN3O2/c25-20-14-12-19(13-15-20)24-26-22(30-27-24)17-28(21-9-5-2-6-10-21)23(29)16-11-18-7-3-1-4-8-18/h12-15,18,21H,1-11,16-17H2. The second-order valence-electron chi connectivity index (χ2n) is 8.87. The molecule has 1 aromatic heterocycles. The zero-order chi connectivity index (χ0) is 20.8. The molecule has 2 aliphatic carbocycles. The third-order valence-corrected chi connectivity index (χ3v) is 6.96. The molecule has 1 aromatic carbocycles. The Morgan fingerprint density at radius 2 is 1.67 bits per heavy atom. The molecule has 4 rings (SSSR count). The Labute approximate surface area is 184 Å². The fraction of sp³-hybridized carbons (Fsp3) is 0.625. The number of carbonyl (C=O) groups excluding carboxylic acids is 1. The minimum atomic E-state index is 0.249. The van der Waals surface area contributed by atoms with Crippen molar-refractivity contribution >= 4 is 17.5 Å². The van der Waals surface area contributed by atoms with Crippen molar-refractivity contribution in [1.82, 2.24) is 15.0 Å². The van der Waals surface area contributed by atoms with Crippen molar-refractivity contribution in [3.05, 3.63) is 35.2 Å². The molecule has 5 nitrogen and oxygen atoms in total. The highest BCUT2D eigenvalue weighted by Crippen LogP contribution is 2.29. The second kappa shape index (κ2) is 10.4. The maximum atomic E-state index is 13.2. The Hall–Kier alpha value is -1.88. The number of carbonyl (C=O) groups is 1. The molecule has 0 radical (unpaired) electrons. The van der Waals surface area contributed by atoms with E-state index in [1.165, 1.54) is 51.4 Å². The van der Waals surface area contributed by atoms with E-state index in [-0.39, 0.29) is 5.91 Å². The molecule has 1 amide bonds. The fourth-order valence-electron chi connectivity index (χ4n) is 4.94. The van der Waals surface area contributed by atoms with E-state index < -0.39 is 0 Å². The van der Waals surface area contributed by atoms with Gasteiger partial charge in [-0.25, -0.2) is 0 Å². The van der Waals surface area contributed by atoms with E-state index in [0.717, 1.165) is 30.7 Å². The van der Waals surface area contributed by atoms with E-state index >= 15 is 0 Å². The molecule has 162 valence electrons. The first-order chi connectivity index (χ1) is 14.7. The van der Waals surface area contributed by atoms with Gasteiger partial charge in [-0.1, -0.05) is 68.1 Å². The van der Waals surface area contributed by atoms with Crippen molar-refractivity contribution in [2.45, 2.75) is 89.6 Å². The zero-order valence-corrected chi connectivity index (χ0v) is 18.4. The molecule has 2 aromatic rings. The van der Waals surface area contributed by atoms with Crippen LogP contribution >= 0.6 is 11.6 Å². The third-order valence-electron chi connectivity index (χ3n) is 6.70. The Morgan fingerprint density at radius 3 is 2.37 bits per heavy atom. The van der Waals surface area contributed by atoms with Crippen LogP contribution in [0.2, 0.25) is 5.02 Å². The molecular formula is C24H32ClN3O2. The molecular weight excluding hydrogens is 398 g/mol. The van der Waals surface area contributed by atoms with Crippen LogP contribution in [0.25, 0.3) is 11.4 Å². The topological polar surface area (TPSA) is 59.2 Å². The second-order valence-corrected chi connectivity index (χ2v) is 9.31. The molecule has 2 fully saturated rings. The van der Waals surface area contributed by atoms with Crippen LogP contribution in [0.5, 0.6) is 0 Å². The van der Waals surface area contributed by atoms with Gasteiger partial charge in [0.2, 0.25) is 17.6 Å². The number of halogens is 1. The van der Waals surface area contributed by atoms with Crippen molar-refractivity contribution < 1.29 is 9.32 Å². The van der Waals surface area contributed by atoms with Crippen LogP contribution in [0.15, 0.2) is 28.8 Å². The Morgan fingerprint density at radius 1 is 1.00 bits per heavy atom. The lowest BCUT2D eigenvalue weighted by molar-refractivity contribution is -0.135. The molecule has 2 saturated carbocycles. The maximum Gasteiger partial charge on any atom is 0.246 e. The molecule has 30 heavy (non-hydrogen) atoms. The van der Waals surface area contributed by atoms with Gasteiger partial charge in [0, 0.05) is 23.0 Å². The van der Waals surface area contributed by atoms with Crippen LogP contribution in [-0.2, 0) is 11.3 Å². The van der Waals surface area contributed by atoms with E-state index in [9.17, 15) is 4.79 Å². The maximum absolute atomic E-state index is 13.2. The Bertz CT molecular complexity index is 808. The van der Waals surface area contributed by atoms with E-state index in [0.29, 0.717) is 35.7 Å². The van der Waals surface area contributed by atoms with E-state index in [1.807, 2.05) is 29.2 Å². The third kappa shape index (κ3) is 5.63. The average molecular weight is 430 g/mol. The molecule has 0 bridgehead atoms. The molecule has 1 heterocycles. The van der Waals surface area contributed by atoms with Crippen molar-refractivity contribution in [3.8, 4) is 11.4 Å². The van der Waals surface area contributed by atoms with Crippen LogP contribution in [-0.4, -0.2) is 27.0 Å². The van der Waals surface area contributed by atoms with Gasteiger partial charge in [0.15, 0.2) is 0 Å². The van der Waals surface area contributed by atoms with Gasteiger partial charge >= 0.3 is 0 Å². The summed E-state index contributed by atoms with van der Waals surface area (Å²) in [6.07, 6.45) is 14.0. The number of amides is 1. The highest BCUT2D eigenvalue weighted by atomic mass is 35.5. The molecule has 0 aliphatic heterocycles. The minimum Gasteiger partial charge on any atom is -0.337 e. The average Bonchev–Trinajstić information content (AvgIpc) is 3.26. The number of rotatable bonds is 7. The lowest BCUT2D eigenvalue weighted by atomic mass is 9.86. The normalized spacial score (nSPS) is 18.4. The van der Waals surface area contributed by atoms with Gasteiger partial charge in [-0.15, -0.1) is 0 Å². The molecule has 0 unspecified atom stereocenters. The van der Waals surface area contributed by atoms with Gasteiger partial charge < -0.3 is 9.42 Å².